The third kappa shape index (κ3) is 5.25. The average molecular weight is 347 g/mol. The van der Waals surface area contributed by atoms with E-state index in [0.717, 1.165) is 38.0 Å². The molecule has 0 radical (unpaired) electrons. The summed E-state index contributed by atoms with van der Waals surface area (Å²) >= 11 is 0. The number of rotatable bonds is 5. The number of urea groups is 1. The zero-order valence-electron chi connectivity index (χ0n) is 14.2. The Hall–Kier alpha value is -2.48. The number of carbonyl (C=O) groups excluding carboxylic acids is 1. The van der Waals surface area contributed by atoms with Crippen molar-refractivity contribution in [2.24, 2.45) is 0 Å². The Morgan fingerprint density at radius 2 is 2.04 bits per heavy atom. The van der Waals surface area contributed by atoms with Crippen LogP contribution in [0.2, 0.25) is 0 Å². The Balaban J connectivity index is 1.37. The highest BCUT2D eigenvalue weighted by molar-refractivity contribution is 5.74. The molecule has 0 unspecified atom stereocenters. The number of piperidine rings is 1. The van der Waals surface area contributed by atoms with Crippen molar-refractivity contribution in [3.63, 3.8) is 0 Å². The second-order valence-corrected chi connectivity index (χ2v) is 6.24. The average Bonchev–Trinajstić information content (AvgIpc) is 3.02. The topological polar surface area (TPSA) is 83.3 Å². The van der Waals surface area contributed by atoms with Crippen LogP contribution in [0.25, 0.3) is 0 Å². The van der Waals surface area contributed by atoms with E-state index in [1.54, 1.807) is 6.92 Å². The van der Waals surface area contributed by atoms with Crippen LogP contribution in [0.1, 0.15) is 30.1 Å². The van der Waals surface area contributed by atoms with Gasteiger partial charge in [0, 0.05) is 25.7 Å². The number of hydrogen-bond acceptors (Lipinski definition) is 5. The number of aryl methyl sites for hydroxylation is 1. The van der Waals surface area contributed by atoms with Crippen molar-refractivity contribution < 1.29 is 13.7 Å². The van der Waals surface area contributed by atoms with E-state index in [1.807, 2.05) is 12.1 Å². The molecule has 7 nitrogen and oxygen atoms in total. The van der Waals surface area contributed by atoms with Gasteiger partial charge in [0.1, 0.15) is 5.82 Å². The van der Waals surface area contributed by atoms with Gasteiger partial charge in [-0.1, -0.05) is 17.3 Å². The van der Waals surface area contributed by atoms with Gasteiger partial charge in [0.25, 0.3) is 0 Å². The number of carbonyl (C=O) groups is 1. The van der Waals surface area contributed by atoms with Crippen LogP contribution in [-0.4, -0.2) is 40.2 Å². The van der Waals surface area contributed by atoms with Crippen LogP contribution < -0.4 is 10.6 Å². The summed E-state index contributed by atoms with van der Waals surface area (Å²) in [6, 6.07) is 6.51. The fourth-order valence-electron chi connectivity index (χ4n) is 2.89. The zero-order chi connectivity index (χ0) is 17.6. The van der Waals surface area contributed by atoms with Gasteiger partial charge in [0.2, 0.25) is 5.89 Å². The molecule has 3 rings (SSSR count). The van der Waals surface area contributed by atoms with E-state index in [4.69, 9.17) is 4.52 Å². The third-order valence-electron chi connectivity index (χ3n) is 4.21. The first kappa shape index (κ1) is 17.3. The molecule has 2 aromatic rings. The van der Waals surface area contributed by atoms with Gasteiger partial charge in [-0.3, -0.25) is 4.90 Å². The number of likely N-dealkylation sites (tertiary alicyclic amines) is 1. The maximum Gasteiger partial charge on any atom is 0.315 e. The lowest BCUT2D eigenvalue weighted by Crippen LogP contribution is -2.47. The van der Waals surface area contributed by atoms with Gasteiger partial charge in [-0.15, -0.1) is 0 Å². The standard InChI is InChI=1S/C17H22FN5O2/c1-12-20-16(25-22-12)10-19-17(24)21-15-6-8-23(9-7-15)11-13-2-4-14(18)5-3-13/h2-5,15H,6-11H2,1H3,(H2,19,21,24). The number of hydrogen-bond donors (Lipinski definition) is 2. The highest BCUT2D eigenvalue weighted by Gasteiger charge is 2.20. The van der Waals surface area contributed by atoms with E-state index >= 15 is 0 Å². The minimum absolute atomic E-state index is 0.147. The molecule has 0 bridgehead atoms. The maximum absolute atomic E-state index is 12.9. The summed E-state index contributed by atoms with van der Waals surface area (Å²) in [5.41, 5.74) is 1.10. The Morgan fingerprint density at radius 1 is 1.32 bits per heavy atom. The van der Waals surface area contributed by atoms with E-state index in [0.29, 0.717) is 11.7 Å². The Morgan fingerprint density at radius 3 is 2.68 bits per heavy atom. The van der Waals surface area contributed by atoms with E-state index in [-0.39, 0.29) is 24.4 Å². The highest BCUT2D eigenvalue weighted by Crippen LogP contribution is 2.14. The molecule has 134 valence electrons. The molecule has 1 aromatic carbocycles. The summed E-state index contributed by atoms with van der Waals surface area (Å²) < 4.78 is 17.9. The third-order valence-corrected chi connectivity index (χ3v) is 4.21. The minimum atomic E-state index is -0.229. The van der Waals surface area contributed by atoms with Crippen LogP contribution in [0.5, 0.6) is 0 Å². The SMILES string of the molecule is Cc1noc(CNC(=O)NC2CCN(Cc3ccc(F)cc3)CC2)n1. The monoisotopic (exact) mass is 347 g/mol. The van der Waals surface area contributed by atoms with Crippen molar-refractivity contribution in [1.29, 1.82) is 0 Å². The molecule has 1 aromatic heterocycles. The molecule has 0 aliphatic carbocycles. The molecule has 8 heteroatoms. The molecule has 0 atom stereocenters. The van der Waals surface area contributed by atoms with Crippen molar-refractivity contribution >= 4 is 6.03 Å². The minimum Gasteiger partial charge on any atom is -0.337 e. The van der Waals surface area contributed by atoms with Crippen molar-refractivity contribution in [3.8, 4) is 0 Å². The van der Waals surface area contributed by atoms with Gasteiger partial charge in [-0.05, 0) is 37.5 Å². The Bertz CT molecular complexity index is 695. The van der Waals surface area contributed by atoms with Crippen molar-refractivity contribution in [3.05, 3.63) is 47.4 Å². The van der Waals surface area contributed by atoms with Gasteiger partial charge in [0.15, 0.2) is 5.82 Å². The molecule has 2 N–H and O–H groups in total. The number of nitrogens with one attached hydrogen (secondary N) is 2. The second kappa shape index (κ2) is 8.06. The molecule has 2 amide bonds. The van der Waals surface area contributed by atoms with E-state index < -0.39 is 0 Å². The van der Waals surface area contributed by atoms with Gasteiger partial charge in [-0.25, -0.2) is 9.18 Å². The van der Waals surface area contributed by atoms with Gasteiger partial charge >= 0.3 is 6.03 Å². The van der Waals surface area contributed by atoms with Crippen LogP contribution in [0.15, 0.2) is 28.8 Å². The first-order valence-corrected chi connectivity index (χ1v) is 8.39. The predicted molar refractivity (Wildman–Crippen MR) is 89.1 cm³/mol. The number of amides is 2. The summed E-state index contributed by atoms with van der Waals surface area (Å²) in [7, 11) is 0. The van der Waals surface area contributed by atoms with Crippen LogP contribution in [0, 0.1) is 12.7 Å². The molecular formula is C17H22FN5O2. The number of aromatic nitrogens is 2. The molecule has 0 saturated carbocycles. The fourth-order valence-corrected chi connectivity index (χ4v) is 2.89. The highest BCUT2D eigenvalue weighted by atomic mass is 19.1. The van der Waals surface area contributed by atoms with E-state index in [9.17, 15) is 9.18 Å². The van der Waals surface area contributed by atoms with Crippen LogP contribution in [0.3, 0.4) is 0 Å². The smallest absolute Gasteiger partial charge is 0.315 e. The van der Waals surface area contributed by atoms with Gasteiger partial charge < -0.3 is 15.2 Å². The van der Waals surface area contributed by atoms with Crippen LogP contribution in [-0.2, 0) is 13.1 Å². The van der Waals surface area contributed by atoms with Crippen LogP contribution in [0.4, 0.5) is 9.18 Å². The fraction of sp³-hybridized carbons (Fsp3) is 0.471. The molecule has 1 aliphatic heterocycles. The summed E-state index contributed by atoms with van der Waals surface area (Å²) in [5, 5.41) is 9.37. The lowest BCUT2D eigenvalue weighted by Gasteiger charge is -2.32. The maximum atomic E-state index is 12.9. The molecule has 0 spiro atoms. The molecule has 25 heavy (non-hydrogen) atoms. The molecule has 1 fully saturated rings. The zero-order valence-corrected chi connectivity index (χ0v) is 14.2. The van der Waals surface area contributed by atoms with E-state index in [1.165, 1.54) is 12.1 Å². The molecule has 1 aliphatic rings. The summed E-state index contributed by atoms with van der Waals surface area (Å²) in [5.74, 6) is 0.723. The summed E-state index contributed by atoms with van der Waals surface area (Å²) in [6.07, 6.45) is 1.77. The number of benzene rings is 1. The largest absolute Gasteiger partial charge is 0.337 e. The normalized spacial score (nSPS) is 15.9. The van der Waals surface area contributed by atoms with Crippen molar-refractivity contribution in [2.45, 2.75) is 38.9 Å². The predicted octanol–water partition coefficient (Wildman–Crippen LogP) is 1.98. The first-order chi connectivity index (χ1) is 12.1. The first-order valence-electron chi connectivity index (χ1n) is 8.39. The lowest BCUT2D eigenvalue weighted by atomic mass is 10.0. The Kier molecular flexibility index (Phi) is 5.60. The number of halogens is 1. The molecule has 1 saturated heterocycles. The quantitative estimate of drug-likeness (QED) is 0.864. The van der Waals surface area contributed by atoms with Gasteiger partial charge in [0.05, 0.1) is 6.54 Å². The Labute approximate surface area is 145 Å². The second-order valence-electron chi connectivity index (χ2n) is 6.24. The van der Waals surface area contributed by atoms with Gasteiger partial charge in [-0.2, -0.15) is 4.98 Å². The van der Waals surface area contributed by atoms with Crippen molar-refractivity contribution in [1.82, 2.24) is 25.7 Å². The van der Waals surface area contributed by atoms with Crippen LogP contribution >= 0.6 is 0 Å². The lowest BCUT2D eigenvalue weighted by molar-refractivity contribution is 0.186. The van der Waals surface area contributed by atoms with E-state index in [2.05, 4.69) is 25.7 Å². The summed E-state index contributed by atoms with van der Waals surface area (Å²) in [4.78, 5) is 18.3. The number of nitrogens with zero attached hydrogens (tertiary/aromatic N) is 3. The summed E-state index contributed by atoms with van der Waals surface area (Å²) in [6.45, 7) is 4.54. The molecule has 2 heterocycles. The molecular weight excluding hydrogens is 325 g/mol. The van der Waals surface area contributed by atoms with Crippen molar-refractivity contribution in [2.75, 3.05) is 13.1 Å².